The third-order valence-electron chi connectivity index (χ3n) is 4.37. The second-order valence-corrected chi connectivity index (χ2v) is 8.28. The summed E-state index contributed by atoms with van der Waals surface area (Å²) in [5, 5.41) is 16.7. The molecule has 3 aromatic heterocycles. The van der Waals surface area contributed by atoms with Crippen molar-refractivity contribution in [1.29, 1.82) is 0 Å². The van der Waals surface area contributed by atoms with Crippen molar-refractivity contribution >= 4 is 28.6 Å². The summed E-state index contributed by atoms with van der Waals surface area (Å²) >= 11 is 3.04. The van der Waals surface area contributed by atoms with Crippen molar-refractivity contribution < 1.29 is 4.79 Å². The average Bonchev–Trinajstić information content (AvgIpc) is 3.36. The summed E-state index contributed by atoms with van der Waals surface area (Å²) in [6.07, 6.45) is 3.71. The molecule has 6 nitrogen and oxygen atoms in total. The van der Waals surface area contributed by atoms with Crippen LogP contribution >= 0.6 is 22.7 Å². The molecule has 0 aromatic carbocycles. The van der Waals surface area contributed by atoms with Crippen LogP contribution in [0.4, 0.5) is 0 Å². The van der Waals surface area contributed by atoms with E-state index in [9.17, 15) is 4.79 Å². The van der Waals surface area contributed by atoms with Crippen LogP contribution in [-0.4, -0.2) is 25.7 Å². The molecular formula is C17H19N5OS2. The number of carbonyl (C=O) groups is 1. The minimum Gasteiger partial charge on any atom is -0.341 e. The molecule has 130 valence electrons. The third-order valence-corrected chi connectivity index (χ3v) is 6.10. The Hall–Kier alpha value is -2.06. The molecule has 1 amide bonds. The van der Waals surface area contributed by atoms with E-state index in [4.69, 9.17) is 0 Å². The van der Waals surface area contributed by atoms with Crippen LogP contribution in [0, 0.1) is 5.92 Å². The molecule has 8 heteroatoms. The van der Waals surface area contributed by atoms with Gasteiger partial charge in [0, 0.05) is 23.9 Å². The molecule has 0 saturated heterocycles. The monoisotopic (exact) mass is 373 g/mol. The zero-order valence-corrected chi connectivity index (χ0v) is 15.7. The molecule has 4 rings (SSSR count). The Kier molecular flexibility index (Phi) is 4.39. The molecule has 1 atom stereocenters. The Bertz CT molecular complexity index is 881. The van der Waals surface area contributed by atoms with E-state index in [-0.39, 0.29) is 17.9 Å². The normalized spacial score (nSPS) is 14.7. The molecule has 1 aliphatic rings. The van der Waals surface area contributed by atoms with E-state index in [1.807, 2.05) is 16.8 Å². The smallest absolute Gasteiger partial charge is 0.263 e. The lowest BCUT2D eigenvalue weighted by atomic mass is 10.0. The highest BCUT2D eigenvalue weighted by Crippen LogP contribution is 2.29. The van der Waals surface area contributed by atoms with Gasteiger partial charge in [0.15, 0.2) is 5.82 Å². The van der Waals surface area contributed by atoms with Crippen LogP contribution in [0.2, 0.25) is 0 Å². The van der Waals surface area contributed by atoms with Crippen LogP contribution in [-0.2, 0) is 13.0 Å². The Morgan fingerprint density at radius 1 is 1.36 bits per heavy atom. The van der Waals surface area contributed by atoms with Crippen molar-refractivity contribution in [3.05, 3.63) is 39.5 Å². The number of thiazole rings is 1. The summed E-state index contributed by atoms with van der Waals surface area (Å²) in [7, 11) is 0. The van der Waals surface area contributed by atoms with Gasteiger partial charge < -0.3 is 9.88 Å². The maximum atomic E-state index is 12.7. The first-order valence-electron chi connectivity index (χ1n) is 8.34. The quantitative estimate of drug-likeness (QED) is 0.742. The molecule has 1 N–H and O–H groups in total. The molecule has 4 heterocycles. The number of rotatable bonds is 5. The first-order valence-corrected chi connectivity index (χ1v) is 10.1. The molecular weight excluding hydrogens is 354 g/mol. The Morgan fingerprint density at radius 2 is 2.24 bits per heavy atom. The first kappa shape index (κ1) is 16.4. The van der Waals surface area contributed by atoms with E-state index in [2.05, 4.69) is 38.9 Å². The molecule has 0 radical (unpaired) electrons. The third kappa shape index (κ3) is 3.11. The fourth-order valence-corrected chi connectivity index (χ4v) is 4.57. The molecule has 0 aliphatic carbocycles. The minimum absolute atomic E-state index is 0.104. The second kappa shape index (κ2) is 6.68. The summed E-state index contributed by atoms with van der Waals surface area (Å²) in [4.78, 5) is 17.7. The van der Waals surface area contributed by atoms with Crippen molar-refractivity contribution in [2.24, 2.45) is 5.92 Å². The van der Waals surface area contributed by atoms with E-state index in [0.717, 1.165) is 41.6 Å². The van der Waals surface area contributed by atoms with Crippen molar-refractivity contribution in [1.82, 2.24) is 25.1 Å². The number of fused-ring (bicyclic) bond motifs is 1. The predicted octanol–water partition coefficient (Wildman–Crippen LogP) is 3.54. The van der Waals surface area contributed by atoms with Gasteiger partial charge in [-0.25, -0.2) is 4.98 Å². The van der Waals surface area contributed by atoms with E-state index < -0.39 is 0 Å². The van der Waals surface area contributed by atoms with Crippen molar-refractivity contribution in [2.45, 2.75) is 39.3 Å². The lowest BCUT2D eigenvalue weighted by Crippen LogP contribution is -2.33. The zero-order chi connectivity index (χ0) is 17.4. The van der Waals surface area contributed by atoms with Crippen LogP contribution in [0.1, 0.15) is 47.6 Å². The number of hydrogen-bond donors (Lipinski definition) is 1. The van der Waals surface area contributed by atoms with Crippen LogP contribution < -0.4 is 5.32 Å². The van der Waals surface area contributed by atoms with Crippen LogP contribution in [0.15, 0.2) is 23.0 Å². The molecule has 3 aromatic rings. The van der Waals surface area contributed by atoms with E-state index >= 15 is 0 Å². The summed E-state index contributed by atoms with van der Waals surface area (Å²) in [5.74, 6) is 2.00. The van der Waals surface area contributed by atoms with Gasteiger partial charge in [0.05, 0.1) is 12.2 Å². The number of thiophene rings is 1. The van der Waals surface area contributed by atoms with E-state index in [1.54, 1.807) is 17.5 Å². The Balaban J connectivity index is 1.55. The van der Waals surface area contributed by atoms with Gasteiger partial charge in [0.2, 0.25) is 0 Å². The molecule has 0 saturated carbocycles. The largest absolute Gasteiger partial charge is 0.341 e. The fourth-order valence-electron chi connectivity index (χ4n) is 3.04. The molecule has 0 bridgehead atoms. The van der Waals surface area contributed by atoms with Crippen LogP contribution in [0.25, 0.3) is 10.6 Å². The maximum Gasteiger partial charge on any atom is 0.263 e. The molecule has 0 fully saturated rings. The number of nitrogens with zero attached hydrogens (tertiary/aromatic N) is 4. The van der Waals surface area contributed by atoms with Gasteiger partial charge in [0.25, 0.3) is 5.91 Å². The van der Waals surface area contributed by atoms with Gasteiger partial charge >= 0.3 is 0 Å². The van der Waals surface area contributed by atoms with Gasteiger partial charge in [-0.3, -0.25) is 4.79 Å². The zero-order valence-electron chi connectivity index (χ0n) is 14.1. The lowest BCUT2D eigenvalue weighted by molar-refractivity contribution is 0.0926. The van der Waals surface area contributed by atoms with Gasteiger partial charge in [0.1, 0.15) is 15.7 Å². The molecule has 25 heavy (non-hydrogen) atoms. The Morgan fingerprint density at radius 3 is 3.00 bits per heavy atom. The number of carbonyl (C=O) groups excluding carboxylic acids is 1. The van der Waals surface area contributed by atoms with Crippen LogP contribution in [0.3, 0.4) is 0 Å². The highest BCUT2D eigenvalue weighted by atomic mass is 32.1. The van der Waals surface area contributed by atoms with E-state index in [1.165, 1.54) is 11.3 Å². The number of hydrogen-bond acceptors (Lipinski definition) is 6. The fraction of sp³-hybridized carbons (Fsp3) is 0.412. The number of amides is 1. The second-order valence-electron chi connectivity index (χ2n) is 6.47. The van der Waals surface area contributed by atoms with Gasteiger partial charge in [-0.15, -0.1) is 21.5 Å². The van der Waals surface area contributed by atoms with Gasteiger partial charge in [-0.1, -0.05) is 13.8 Å². The lowest BCUT2D eigenvalue weighted by Gasteiger charge is -2.21. The SMILES string of the molecule is CC(C)[C@@H](NC(=O)c1cnc(-c2ccsc2)s1)c1nnc2n1CCC2. The molecule has 1 aliphatic heterocycles. The minimum atomic E-state index is -0.154. The summed E-state index contributed by atoms with van der Waals surface area (Å²) in [6, 6.07) is 1.86. The van der Waals surface area contributed by atoms with Crippen molar-refractivity contribution in [2.75, 3.05) is 0 Å². The molecule has 0 unspecified atom stereocenters. The highest BCUT2D eigenvalue weighted by molar-refractivity contribution is 7.17. The summed E-state index contributed by atoms with van der Waals surface area (Å²) in [6.45, 7) is 5.11. The molecule has 0 spiro atoms. The summed E-state index contributed by atoms with van der Waals surface area (Å²) < 4.78 is 2.15. The van der Waals surface area contributed by atoms with E-state index in [0.29, 0.717) is 4.88 Å². The number of nitrogens with one attached hydrogen (secondary N) is 1. The number of aromatic nitrogens is 4. The van der Waals surface area contributed by atoms with Crippen LogP contribution in [0.5, 0.6) is 0 Å². The standard InChI is InChI=1S/C17H19N5OS2/c1-10(2)14(15-21-20-13-4-3-6-22(13)15)19-16(23)12-8-18-17(25-12)11-5-7-24-9-11/h5,7-10,14H,3-4,6H2,1-2H3,(H,19,23)/t14-/m1/s1. The van der Waals surface area contributed by atoms with Crippen molar-refractivity contribution in [3.63, 3.8) is 0 Å². The Labute approximate surface area is 153 Å². The predicted molar refractivity (Wildman–Crippen MR) is 98.8 cm³/mol. The van der Waals surface area contributed by atoms with Crippen molar-refractivity contribution in [3.8, 4) is 10.6 Å². The van der Waals surface area contributed by atoms with Gasteiger partial charge in [-0.2, -0.15) is 11.3 Å². The maximum absolute atomic E-state index is 12.7. The topological polar surface area (TPSA) is 72.7 Å². The number of aryl methyl sites for hydroxylation is 1. The first-order chi connectivity index (χ1) is 12.1. The highest BCUT2D eigenvalue weighted by Gasteiger charge is 2.28. The average molecular weight is 374 g/mol. The van der Waals surface area contributed by atoms with Gasteiger partial charge in [-0.05, 0) is 23.8 Å². The summed E-state index contributed by atoms with van der Waals surface area (Å²) in [5.41, 5.74) is 1.06.